The van der Waals surface area contributed by atoms with Crippen molar-refractivity contribution in [1.29, 1.82) is 0 Å². The van der Waals surface area contributed by atoms with Crippen LogP contribution in [-0.2, 0) is 4.79 Å². The van der Waals surface area contributed by atoms with Crippen molar-refractivity contribution in [1.82, 2.24) is 0 Å². The standard InChI is InChI=1S/C9H11ClN2O/c1-6-3-2-4-7(11)9(6)12-8(13)5-10/h2-4H,5,11H2,1H3,(H,12,13). The maximum Gasteiger partial charge on any atom is 0.239 e. The molecule has 0 aliphatic carbocycles. The summed E-state index contributed by atoms with van der Waals surface area (Å²) in [5.74, 6) is -0.309. The van der Waals surface area contributed by atoms with E-state index in [1.807, 2.05) is 19.1 Å². The zero-order valence-electron chi connectivity index (χ0n) is 7.30. The third-order valence-electron chi connectivity index (χ3n) is 1.69. The van der Waals surface area contributed by atoms with Crippen LogP contribution in [0.15, 0.2) is 18.2 Å². The van der Waals surface area contributed by atoms with Gasteiger partial charge in [0.25, 0.3) is 0 Å². The quantitative estimate of drug-likeness (QED) is 0.562. The maximum atomic E-state index is 11.0. The second-order valence-electron chi connectivity index (χ2n) is 2.72. The van der Waals surface area contributed by atoms with Crippen LogP contribution in [0, 0.1) is 6.92 Å². The third-order valence-corrected chi connectivity index (χ3v) is 1.93. The minimum absolute atomic E-state index is 0.0617. The van der Waals surface area contributed by atoms with Crippen LogP contribution >= 0.6 is 11.6 Å². The second-order valence-corrected chi connectivity index (χ2v) is 2.99. The summed E-state index contributed by atoms with van der Waals surface area (Å²) in [7, 11) is 0. The average molecular weight is 199 g/mol. The van der Waals surface area contributed by atoms with Gasteiger partial charge in [-0.15, -0.1) is 11.6 Å². The molecule has 0 bridgehead atoms. The Morgan fingerprint density at radius 3 is 2.85 bits per heavy atom. The summed E-state index contributed by atoms with van der Waals surface area (Å²) in [6.07, 6.45) is 0. The summed E-state index contributed by atoms with van der Waals surface area (Å²) >= 11 is 5.35. The lowest BCUT2D eigenvalue weighted by atomic mass is 10.1. The number of para-hydroxylation sites is 1. The Bertz CT molecular complexity index is 305. The van der Waals surface area contributed by atoms with Crippen LogP contribution in [0.4, 0.5) is 11.4 Å². The smallest absolute Gasteiger partial charge is 0.239 e. The van der Waals surface area contributed by atoms with Gasteiger partial charge in [0.2, 0.25) is 5.91 Å². The Labute approximate surface area is 81.9 Å². The van der Waals surface area contributed by atoms with Gasteiger partial charge in [-0.2, -0.15) is 0 Å². The number of alkyl halides is 1. The first-order valence-electron chi connectivity index (χ1n) is 3.86. The van der Waals surface area contributed by atoms with Gasteiger partial charge in [-0.3, -0.25) is 4.79 Å². The zero-order valence-corrected chi connectivity index (χ0v) is 8.06. The number of nitrogens with one attached hydrogen (secondary N) is 1. The Morgan fingerprint density at radius 2 is 2.31 bits per heavy atom. The van der Waals surface area contributed by atoms with Gasteiger partial charge >= 0.3 is 0 Å². The fourth-order valence-corrected chi connectivity index (χ4v) is 1.10. The van der Waals surface area contributed by atoms with E-state index in [-0.39, 0.29) is 11.8 Å². The molecule has 0 aliphatic heterocycles. The minimum atomic E-state index is -0.248. The number of hydrogen-bond donors (Lipinski definition) is 2. The Balaban J connectivity index is 2.93. The lowest BCUT2D eigenvalue weighted by Gasteiger charge is -2.09. The summed E-state index contributed by atoms with van der Waals surface area (Å²) < 4.78 is 0. The van der Waals surface area contributed by atoms with Gasteiger partial charge in [0, 0.05) is 0 Å². The Morgan fingerprint density at radius 1 is 1.62 bits per heavy atom. The van der Waals surface area contributed by atoms with Crippen molar-refractivity contribution in [3.63, 3.8) is 0 Å². The molecule has 13 heavy (non-hydrogen) atoms. The molecule has 1 rings (SSSR count). The highest BCUT2D eigenvalue weighted by Crippen LogP contribution is 2.22. The van der Waals surface area contributed by atoms with Crippen molar-refractivity contribution in [3.05, 3.63) is 23.8 Å². The van der Waals surface area contributed by atoms with Crippen molar-refractivity contribution >= 4 is 28.9 Å². The average Bonchev–Trinajstić information content (AvgIpc) is 2.11. The van der Waals surface area contributed by atoms with Gasteiger partial charge in [-0.1, -0.05) is 12.1 Å². The Hall–Kier alpha value is -1.22. The van der Waals surface area contributed by atoms with E-state index in [0.717, 1.165) is 5.56 Å². The number of amides is 1. The summed E-state index contributed by atoms with van der Waals surface area (Å²) in [4.78, 5) is 11.0. The molecular formula is C9H11ClN2O. The van der Waals surface area contributed by atoms with Gasteiger partial charge in [0.15, 0.2) is 0 Å². The topological polar surface area (TPSA) is 55.1 Å². The normalized spacial score (nSPS) is 9.69. The van der Waals surface area contributed by atoms with Gasteiger partial charge in [-0.25, -0.2) is 0 Å². The first kappa shape index (κ1) is 9.86. The highest BCUT2D eigenvalue weighted by molar-refractivity contribution is 6.29. The molecule has 70 valence electrons. The lowest BCUT2D eigenvalue weighted by Crippen LogP contribution is -2.14. The molecule has 0 atom stereocenters. The van der Waals surface area contributed by atoms with Crippen LogP contribution in [-0.4, -0.2) is 11.8 Å². The van der Waals surface area contributed by atoms with Crippen LogP contribution in [0.2, 0.25) is 0 Å². The third kappa shape index (κ3) is 2.36. The van der Waals surface area contributed by atoms with E-state index in [9.17, 15) is 4.79 Å². The minimum Gasteiger partial charge on any atom is -0.397 e. The molecule has 4 heteroatoms. The van der Waals surface area contributed by atoms with E-state index < -0.39 is 0 Å². The van der Waals surface area contributed by atoms with Crippen molar-refractivity contribution < 1.29 is 4.79 Å². The summed E-state index contributed by atoms with van der Waals surface area (Å²) in [6, 6.07) is 5.44. The number of benzene rings is 1. The number of halogens is 1. The first-order chi connectivity index (χ1) is 6.15. The molecule has 0 spiro atoms. The van der Waals surface area contributed by atoms with Gasteiger partial charge in [0.05, 0.1) is 11.4 Å². The predicted octanol–water partition coefficient (Wildman–Crippen LogP) is 1.75. The molecular weight excluding hydrogens is 188 g/mol. The number of nitrogen functional groups attached to an aromatic ring is 1. The van der Waals surface area contributed by atoms with Crippen LogP contribution in [0.1, 0.15) is 5.56 Å². The molecule has 0 unspecified atom stereocenters. The van der Waals surface area contributed by atoms with Crippen LogP contribution in [0.5, 0.6) is 0 Å². The molecule has 0 radical (unpaired) electrons. The molecule has 0 aliphatic rings. The summed E-state index contributed by atoms with van der Waals surface area (Å²) in [5.41, 5.74) is 7.80. The van der Waals surface area contributed by atoms with Crippen molar-refractivity contribution in [2.45, 2.75) is 6.92 Å². The van der Waals surface area contributed by atoms with Crippen molar-refractivity contribution in [2.75, 3.05) is 16.9 Å². The number of hydrogen-bond acceptors (Lipinski definition) is 2. The van der Waals surface area contributed by atoms with Crippen LogP contribution in [0.25, 0.3) is 0 Å². The van der Waals surface area contributed by atoms with Crippen molar-refractivity contribution in [2.24, 2.45) is 0 Å². The zero-order chi connectivity index (χ0) is 9.84. The lowest BCUT2D eigenvalue weighted by molar-refractivity contribution is -0.113. The van der Waals surface area contributed by atoms with Crippen LogP contribution in [0.3, 0.4) is 0 Å². The highest BCUT2D eigenvalue weighted by atomic mass is 35.5. The van der Waals surface area contributed by atoms with Gasteiger partial charge in [0.1, 0.15) is 5.88 Å². The van der Waals surface area contributed by atoms with E-state index >= 15 is 0 Å². The molecule has 0 saturated carbocycles. The number of anilines is 2. The Kier molecular flexibility index (Phi) is 3.14. The predicted molar refractivity (Wildman–Crippen MR) is 54.9 cm³/mol. The van der Waals surface area contributed by atoms with E-state index in [4.69, 9.17) is 17.3 Å². The molecule has 1 amide bonds. The molecule has 3 N–H and O–H groups in total. The maximum absolute atomic E-state index is 11.0. The molecule has 1 aromatic rings. The van der Waals surface area contributed by atoms with Crippen LogP contribution < -0.4 is 11.1 Å². The van der Waals surface area contributed by atoms with Gasteiger partial charge < -0.3 is 11.1 Å². The second kappa shape index (κ2) is 4.14. The van der Waals surface area contributed by atoms with Gasteiger partial charge in [-0.05, 0) is 18.6 Å². The SMILES string of the molecule is Cc1cccc(N)c1NC(=O)CCl. The molecule has 1 aromatic carbocycles. The molecule has 3 nitrogen and oxygen atoms in total. The van der Waals surface area contributed by atoms with E-state index in [2.05, 4.69) is 5.32 Å². The number of nitrogens with two attached hydrogens (primary N) is 1. The van der Waals surface area contributed by atoms with E-state index in [0.29, 0.717) is 11.4 Å². The van der Waals surface area contributed by atoms with E-state index in [1.165, 1.54) is 0 Å². The molecule has 0 aromatic heterocycles. The largest absolute Gasteiger partial charge is 0.397 e. The highest BCUT2D eigenvalue weighted by Gasteiger charge is 2.05. The van der Waals surface area contributed by atoms with E-state index in [1.54, 1.807) is 6.07 Å². The number of aryl methyl sites for hydroxylation is 1. The molecule has 0 fully saturated rings. The molecule has 0 heterocycles. The first-order valence-corrected chi connectivity index (χ1v) is 4.39. The summed E-state index contributed by atoms with van der Waals surface area (Å²) in [5, 5.41) is 2.63. The van der Waals surface area contributed by atoms with Crippen molar-refractivity contribution in [3.8, 4) is 0 Å². The fourth-order valence-electron chi connectivity index (χ4n) is 1.03. The number of carbonyl (C=O) groups is 1. The fraction of sp³-hybridized carbons (Fsp3) is 0.222. The summed E-state index contributed by atoms with van der Waals surface area (Å²) in [6.45, 7) is 1.88. The number of carbonyl (C=O) groups excluding carboxylic acids is 1. The number of rotatable bonds is 2. The molecule has 0 saturated heterocycles. The monoisotopic (exact) mass is 198 g/mol.